The van der Waals surface area contributed by atoms with Gasteiger partial charge in [0.1, 0.15) is 0 Å². The zero-order valence-electron chi connectivity index (χ0n) is 11.3. The van der Waals surface area contributed by atoms with Crippen LogP contribution in [0.2, 0.25) is 0 Å². The minimum atomic E-state index is 0.469. The van der Waals surface area contributed by atoms with Gasteiger partial charge in [0.25, 0.3) is 0 Å². The predicted molar refractivity (Wildman–Crippen MR) is 68.1 cm³/mol. The van der Waals surface area contributed by atoms with Gasteiger partial charge in [0.05, 0.1) is 0 Å². The third-order valence-electron chi connectivity index (χ3n) is 3.51. The zero-order valence-corrected chi connectivity index (χ0v) is 11.3. The lowest BCUT2D eigenvalue weighted by Gasteiger charge is -2.36. The summed E-state index contributed by atoms with van der Waals surface area (Å²) in [5.74, 6) is 0. The van der Waals surface area contributed by atoms with Gasteiger partial charge in [-0.05, 0) is 43.1 Å². The first-order chi connectivity index (χ1) is 6.79. The molecule has 0 amide bonds. The molecular formula is C14H29N. The van der Waals surface area contributed by atoms with E-state index in [4.69, 9.17) is 0 Å². The van der Waals surface area contributed by atoms with E-state index < -0.39 is 0 Å². The second kappa shape index (κ2) is 4.86. The number of hydrogen-bond donors (Lipinski definition) is 1. The van der Waals surface area contributed by atoms with Crippen LogP contribution in [0.15, 0.2) is 0 Å². The largest absolute Gasteiger partial charge is 0.314 e. The van der Waals surface area contributed by atoms with E-state index in [-0.39, 0.29) is 0 Å². The molecule has 1 rings (SSSR count). The maximum absolute atomic E-state index is 3.73. The van der Waals surface area contributed by atoms with Crippen molar-refractivity contribution in [2.75, 3.05) is 6.54 Å². The highest BCUT2D eigenvalue weighted by molar-refractivity contribution is 4.83. The van der Waals surface area contributed by atoms with Crippen molar-refractivity contribution in [3.8, 4) is 0 Å². The number of rotatable bonds is 3. The number of hydrogen-bond acceptors (Lipinski definition) is 1. The highest BCUT2D eigenvalue weighted by Crippen LogP contribution is 2.35. The molecule has 1 saturated carbocycles. The molecule has 1 N–H and O–H groups in total. The molecule has 15 heavy (non-hydrogen) atoms. The summed E-state index contributed by atoms with van der Waals surface area (Å²) in [4.78, 5) is 0. The predicted octanol–water partition coefficient (Wildman–Crippen LogP) is 3.98. The molecule has 0 aromatic heterocycles. The molecule has 1 atom stereocenters. The van der Waals surface area contributed by atoms with Gasteiger partial charge in [-0.2, -0.15) is 0 Å². The molecule has 0 heterocycles. The summed E-state index contributed by atoms with van der Waals surface area (Å²) >= 11 is 0. The van der Waals surface area contributed by atoms with Crippen LogP contribution < -0.4 is 5.32 Å². The maximum atomic E-state index is 3.73. The molecule has 0 spiro atoms. The summed E-state index contributed by atoms with van der Waals surface area (Å²) in [6.45, 7) is 13.0. The molecule has 1 heteroatoms. The Hall–Kier alpha value is -0.0400. The molecule has 0 aromatic rings. The molecule has 1 aliphatic rings. The SMILES string of the molecule is CC(C)(C)CCNC1CCCC(C)(C)C1. The van der Waals surface area contributed by atoms with Crippen molar-refractivity contribution in [2.45, 2.75) is 72.8 Å². The van der Waals surface area contributed by atoms with Gasteiger partial charge < -0.3 is 5.32 Å². The fraction of sp³-hybridized carbons (Fsp3) is 1.00. The Morgan fingerprint density at radius 1 is 1.27 bits per heavy atom. The molecule has 0 saturated heterocycles. The van der Waals surface area contributed by atoms with Crippen LogP contribution in [0.4, 0.5) is 0 Å². The van der Waals surface area contributed by atoms with Crippen LogP contribution in [0.3, 0.4) is 0 Å². The Bertz CT molecular complexity index is 188. The van der Waals surface area contributed by atoms with Crippen LogP contribution in [-0.2, 0) is 0 Å². The molecule has 0 radical (unpaired) electrons. The van der Waals surface area contributed by atoms with Crippen LogP contribution >= 0.6 is 0 Å². The van der Waals surface area contributed by atoms with Crippen molar-refractivity contribution < 1.29 is 0 Å². The van der Waals surface area contributed by atoms with E-state index in [9.17, 15) is 0 Å². The summed E-state index contributed by atoms with van der Waals surface area (Å²) in [5, 5.41) is 3.73. The van der Waals surface area contributed by atoms with E-state index in [2.05, 4.69) is 39.9 Å². The van der Waals surface area contributed by atoms with E-state index in [1.165, 1.54) is 38.6 Å². The Kier molecular flexibility index (Phi) is 4.22. The topological polar surface area (TPSA) is 12.0 Å². The highest BCUT2D eigenvalue weighted by atomic mass is 14.9. The lowest BCUT2D eigenvalue weighted by molar-refractivity contribution is 0.194. The molecule has 0 bridgehead atoms. The monoisotopic (exact) mass is 211 g/mol. The van der Waals surface area contributed by atoms with Gasteiger partial charge in [-0.15, -0.1) is 0 Å². The van der Waals surface area contributed by atoms with Gasteiger partial charge in [0.2, 0.25) is 0 Å². The number of nitrogens with one attached hydrogen (secondary N) is 1. The normalized spacial score (nSPS) is 26.6. The quantitative estimate of drug-likeness (QED) is 0.744. The van der Waals surface area contributed by atoms with Gasteiger partial charge in [-0.1, -0.05) is 41.0 Å². The first kappa shape index (κ1) is 13.0. The third kappa shape index (κ3) is 5.55. The van der Waals surface area contributed by atoms with Crippen LogP contribution in [0.5, 0.6) is 0 Å². The van der Waals surface area contributed by atoms with E-state index >= 15 is 0 Å². The minimum Gasteiger partial charge on any atom is -0.314 e. The van der Waals surface area contributed by atoms with E-state index in [1.807, 2.05) is 0 Å². The first-order valence-electron chi connectivity index (χ1n) is 6.52. The van der Waals surface area contributed by atoms with Crippen LogP contribution in [0, 0.1) is 10.8 Å². The molecular weight excluding hydrogens is 182 g/mol. The second-order valence-electron chi connectivity index (χ2n) is 7.22. The molecule has 0 aliphatic heterocycles. The lowest BCUT2D eigenvalue weighted by Crippen LogP contribution is -2.38. The summed E-state index contributed by atoms with van der Waals surface area (Å²) in [6.07, 6.45) is 6.83. The molecule has 1 unspecified atom stereocenters. The van der Waals surface area contributed by atoms with Gasteiger partial charge in [0, 0.05) is 6.04 Å². The van der Waals surface area contributed by atoms with Crippen molar-refractivity contribution >= 4 is 0 Å². The summed E-state index contributed by atoms with van der Waals surface area (Å²) in [6, 6.07) is 0.774. The third-order valence-corrected chi connectivity index (χ3v) is 3.51. The standard InChI is InChI=1S/C14H29N/c1-13(2,3)9-10-15-12-7-6-8-14(4,5)11-12/h12,15H,6-11H2,1-5H3. The fourth-order valence-electron chi connectivity index (χ4n) is 2.52. The van der Waals surface area contributed by atoms with Crippen molar-refractivity contribution in [3.05, 3.63) is 0 Å². The Morgan fingerprint density at radius 2 is 1.93 bits per heavy atom. The Morgan fingerprint density at radius 3 is 2.47 bits per heavy atom. The Labute approximate surface area is 96.0 Å². The van der Waals surface area contributed by atoms with Gasteiger partial charge >= 0.3 is 0 Å². The fourth-order valence-corrected chi connectivity index (χ4v) is 2.52. The van der Waals surface area contributed by atoms with Gasteiger partial charge in [0.15, 0.2) is 0 Å². The molecule has 1 fully saturated rings. The van der Waals surface area contributed by atoms with Gasteiger partial charge in [-0.3, -0.25) is 0 Å². The van der Waals surface area contributed by atoms with Crippen molar-refractivity contribution in [3.63, 3.8) is 0 Å². The van der Waals surface area contributed by atoms with Crippen molar-refractivity contribution in [2.24, 2.45) is 10.8 Å². The summed E-state index contributed by atoms with van der Waals surface area (Å²) < 4.78 is 0. The first-order valence-corrected chi connectivity index (χ1v) is 6.52. The molecule has 1 aliphatic carbocycles. The molecule has 1 nitrogen and oxygen atoms in total. The highest BCUT2D eigenvalue weighted by Gasteiger charge is 2.27. The smallest absolute Gasteiger partial charge is 0.00721 e. The van der Waals surface area contributed by atoms with Crippen LogP contribution in [0.1, 0.15) is 66.7 Å². The van der Waals surface area contributed by atoms with E-state index in [0.29, 0.717) is 10.8 Å². The lowest BCUT2D eigenvalue weighted by atomic mass is 9.75. The zero-order chi connectivity index (χ0) is 11.5. The van der Waals surface area contributed by atoms with Gasteiger partial charge in [-0.25, -0.2) is 0 Å². The molecule has 0 aromatic carbocycles. The minimum absolute atomic E-state index is 0.469. The van der Waals surface area contributed by atoms with Crippen LogP contribution in [0.25, 0.3) is 0 Å². The average Bonchev–Trinajstić information content (AvgIpc) is 1.99. The molecule has 90 valence electrons. The van der Waals surface area contributed by atoms with Crippen LogP contribution in [-0.4, -0.2) is 12.6 Å². The van der Waals surface area contributed by atoms with E-state index in [1.54, 1.807) is 0 Å². The summed E-state index contributed by atoms with van der Waals surface area (Å²) in [7, 11) is 0. The van der Waals surface area contributed by atoms with E-state index in [0.717, 1.165) is 6.04 Å². The summed E-state index contributed by atoms with van der Waals surface area (Å²) in [5.41, 5.74) is 1.04. The van der Waals surface area contributed by atoms with Crippen molar-refractivity contribution in [1.82, 2.24) is 5.32 Å². The average molecular weight is 211 g/mol. The Balaban J connectivity index is 2.22. The maximum Gasteiger partial charge on any atom is 0.00721 e. The van der Waals surface area contributed by atoms with Crippen molar-refractivity contribution in [1.29, 1.82) is 0 Å². The second-order valence-corrected chi connectivity index (χ2v) is 7.22.